The van der Waals surface area contributed by atoms with Gasteiger partial charge in [-0.1, -0.05) is 6.92 Å². The number of sulfonamides is 1. The standard InChI is InChI=1S/C12H13N3O2S/c1-3-12(2,9-14)15-18(16,17)11-6-4-10(8-13)5-7-11/h4-7,15H,3H2,1-2H3. The quantitative estimate of drug-likeness (QED) is 0.891. The van der Waals surface area contributed by atoms with Gasteiger partial charge in [-0.25, -0.2) is 8.42 Å². The first kappa shape index (κ1) is 14.2. The molecule has 0 fully saturated rings. The van der Waals surface area contributed by atoms with Crippen molar-refractivity contribution in [3.63, 3.8) is 0 Å². The van der Waals surface area contributed by atoms with Gasteiger partial charge in [-0.05, 0) is 37.6 Å². The van der Waals surface area contributed by atoms with Crippen LogP contribution >= 0.6 is 0 Å². The van der Waals surface area contributed by atoms with E-state index in [1.807, 2.05) is 12.1 Å². The molecule has 0 radical (unpaired) electrons. The molecule has 0 saturated heterocycles. The normalized spacial score (nSPS) is 14.2. The lowest BCUT2D eigenvalue weighted by Gasteiger charge is -2.20. The lowest BCUT2D eigenvalue weighted by molar-refractivity contribution is 0.495. The third-order valence-corrected chi connectivity index (χ3v) is 4.22. The number of hydrogen-bond donors (Lipinski definition) is 1. The molecule has 0 spiro atoms. The van der Waals surface area contributed by atoms with Crippen LogP contribution in [-0.4, -0.2) is 14.0 Å². The van der Waals surface area contributed by atoms with Crippen molar-refractivity contribution in [3.8, 4) is 12.1 Å². The van der Waals surface area contributed by atoms with E-state index >= 15 is 0 Å². The van der Waals surface area contributed by atoms with Crippen LogP contribution in [0.4, 0.5) is 0 Å². The fraction of sp³-hybridized carbons (Fsp3) is 0.333. The van der Waals surface area contributed by atoms with Crippen LogP contribution in [0.15, 0.2) is 29.2 Å². The average Bonchev–Trinajstić information content (AvgIpc) is 2.38. The third kappa shape index (κ3) is 3.07. The van der Waals surface area contributed by atoms with Gasteiger partial charge in [0, 0.05) is 0 Å². The van der Waals surface area contributed by atoms with Gasteiger partial charge in [0.1, 0.15) is 5.54 Å². The van der Waals surface area contributed by atoms with Crippen LogP contribution in [0.25, 0.3) is 0 Å². The fourth-order valence-corrected chi connectivity index (χ4v) is 2.63. The van der Waals surface area contributed by atoms with Crippen molar-refractivity contribution in [1.82, 2.24) is 4.72 Å². The Bertz CT molecular complexity index is 608. The Morgan fingerprint density at radius 3 is 2.22 bits per heavy atom. The Kier molecular flexibility index (Phi) is 4.07. The Hall–Kier alpha value is -1.89. The van der Waals surface area contributed by atoms with Crippen LogP contribution in [-0.2, 0) is 10.0 Å². The molecule has 1 aromatic carbocycles. The summed E-state index contributed by atoms with van der Waals surface area (Å²) in [5.74, 6) is 0. The lowest BCUT2D eigenvalue weighted by Crippen LogP contribution is -2.44. The summed E-state index contributed by atoms with van der Waals surface area (Å²) in [6.45, 7) is 3.25. The number of nitrogens with zero attached hydrogens (tertiary/aromatic N) is 2. The van der Waals surface area contributed by atoms with Crippen LogP contribution in [0, 0.1) is 22.7 Å². The molecule has 1 atom stereocenters. The highest BCUT2D eigenvalue weighted by molar-refractivity contribution is 7.89. The van der Waals surface area contributed by atoms with Gasteiger partial charge < -0.3 is 0 Å². The summed E-state index contributed by atoms with van der Waals surface area (Å²) in [5, 5.41) is 17.6. The number of hydrogen-bond acceptors (Lipinski definition) is 4. The van der Waals surface area contributed by atoms with Crippen LogP contribution in [0.5, 0.6) is 0 Å². The topological polar surface area (TPSA) is 93.8 Å². The van der Waals surface area contributed by atoms with Gasteiger partial charge in [-0.2, -0.15) is 15.2 Å². The minimum absolute atomic E-state index is 0.0384. The smallest absolute Gasteiger partial charge is 0.207 e. The molecule has 0 aromatic heterocycles. The molecular formula is C12H13N3O2S. The van der Waals surface area contributed by atoms with E-state index in [0.717, 1.165) is 0 Å². The monoisotopic (exact) mass is 263 g/mol. The van der Waals surface area contributed by atoms with Crippen molar-refractivity contribution in [2.75, 3.05) is 0 Å². The Balaban J connectivity index is 3.08. The van der Waals surface area contributed by atoms with Gasteiger partial charge in [0.25, 0.3) is 0 Å². The SMILES string of the molecule is CCC(C)(C#N)NS(=O)(=O)c1ccc(C#N)cc1. The van der Waals surface area contributed by atoms with E-state index in [4.69, 9.17) is 10.5 Å². The summed E-state index contributed by atoms with van der Waals surface area (Å²) in [7, 11) is -3.75. The molecule has 5 nitrogen and oxygen atoms in total. The molecule has 0 heterocycles. The van der Waals surface area contributed by atoms with E-state index in [1.54, 1.807) is 6.92 Å². The molecule has 1 rings (SSSR count). The second-order valence-corrected chi connectivity index (χ2v) is 5.72. The zero-order chi connectivity index (χ0) is 13.8. The largest absolute Gasteiger partial charge is 0.241 e. The predicted molar refractivity (Wildman–Crippen MR) is 65.8 cm³/mol. The highest BCUT2D eigenvalue weighted by Gasteiger charge is 2.28. The number of benzene rings is 1. The fourth-order valence-electron chi connectivity index (χ4n) is 1.24. The van der Waals surface area contributed by atoms with Crippen molar-refractivity contribution in [3.05, 3.63) is 29.8 Å². The van der Waals surface area contributed by atoms with E-state index in [1.165, 1.54) is 31.2 Å². The molecule has 0 bridgehead atoms. The predicted octanol–water partition coefficient (Wildman–Crippen LogP) is 1.53. The van der Waals surface area contributed by atoms with E-state index in [2.05, 4.69) is 4.72 Å². The Morgan fingerprint density at radius 2 is 1.83 bits per heavy atom. The van der Waals surface area contributed by atoms with E-state index in [0.29, 0.717) is 12.0 Å². The number of nitrogens with one attached hydrogen (secondary N) is 1. The number of nitriles is 2. The summed E-state index contributed by atoms with van der Waals surface area (Å²) >= 11 is 0. The minimum atomic E-state index is -3.75. The van der Waals surface area contributed by atoms with Crippen LogP contribution in [0.2, 0.25) is 0 Å². The minimum Gasteiger partial charge on any atom is -0.207 e. The molecule has 0 amide bonds. The summed E-state index contributed by atoms with van der Waals surface area (Å²) < 4.78 is 26.4. The second kappa shape index (κ2) is 5.18. The van der Waals surface area contributed by atoms with Crippen molar-refractivity contribution >= 4 is 10.0 Å². The summed E-state index contributed by atoms with van der Waals surface area (Å²) in [5.41, 5.74) is -0.750. The summed E-state index contributed by atoms with van der Waals surface area (Å²) in [4.78, 5) is 0.0384. The Morgan fingerprint density at radius 1 is 1.28 bits per heavy atom. The molecule has 0 saturated carbocycles. The highest BCUT2D eigenvalue weighted by atomic mass is 32.2. The highest BCUT2D eigenvalue weighted by Crippen LogP contribution is 2.15. The van der Waals surface area contributed by atoms with Crippen LogP contribution < -0.4 is 4.72 Å². The van der Waals surface area contributed by atoms with Gasteiger partial charge in [0.15, 0.2) is 0 Å². The van der Waals surface area contributed by atoms with Gasteiger partial charge in [-0.15, -0.1) is 0 Å². The zero-order valence-electron chi connectivity index (χ0n) is 10.1. The molecule has 0 aliphatic heterocycles. The maximum absolute atomic E-state index is 12.0. The van der Waals surface area contributed by atoms with Crippen LogP contribution in [0.1, 0.15) is 25.8 Å². The van der Waals surface area contributed by atoms with E-state index in [-0.39, 0.29) is 4.90 Å². The van der Waals surface area contributed by atoms with Crippen molar-refractivity contribution in [1.29, 1.82) is 10.5 Å². The average molecular weight is 263 g/mol. The van der Waals surface area contributed by atoms with E-state index < -0.39 is 15.6 Å². The first-order chi connectivity index (χ1) is 8.37. The molecule has 94 valence electrons. The zero-order valence-corrected chi connectivity index (χ0v) is 11.0. The molecule has 1 unspecified atom stereocenters. The summed E-state index contributed by atoms with van der Waals surface area (Å²) in [6, 6.07) is 9.37. The first-order valence-electron chi connectivity index (χ1n) is 5.32. The van der Waals surface area contributed by atoms with Gasteiger partial charge in [0.2, 0.25) is 10.0 Å². The molecule has 6 heteroatoms. The molecular weight excluding hydrogens is 250 g/mol. The first-order valence-corrected chi connectivity index (χ1v) is 6.80. The number of rotatable bonds is 4. The molecule has 1 aromatic rings. The lowest BCUT2D eigenvalue weighted by atomic mass is 10.0. The van der Waals surface area contributed by atoms with E-state index in [9.17, 15) is 8.42 Å². The third-order valence-electron chi connectivity index (χ3n) is 2.61. The van der Waals surface area contributed by atoms with Gasteiger partial charge >= 0.3 is 0 Å². The molecule has 1 N–H and O–H groups in total. The second-order valence-electron chi connectivity index (χ2n) is 4.04. The maximum Gasteiger partial charge on any atom is 0.241 e. The van der Waals surface area contributed by atoms with Crippen molar-refractivity contribution in [2.45, 2.75) is 30.7 Å². The summed E-state index contributed by atoms with van der Waals surface area (Å²) in [6.07, 6.45) is 0.360. The molecule has 0 aliphatic rings. The van der Waals surface area contributed by atoms with Gasteiger partial charge in [-0.3, -0.25) is 0 Å². The van der Waals surface area contributed by atoms with Crippen molar-refractivity contribution < 1.29 is 8.42 Å². The molecule has 0 aliphatic carbocycles. The Labute approximate surface area is 107 Å². The van der Waals surface area contributed by atoms with Crippen LogP contribution in [0.3, 0.4) is 0 Å². The molecule has 18 heavy (non-hydrogen) atoms. The van der Waals surface area contributed by atoms with Crippen molar-refractivity contribution in [2.24, 2.45) is 0 Å². The van der Waals surface area contributed by atoms with Gasteiger partial charge in [0.05, 0.1) is 22.6 Å². The maximum atomic E-state index is 12.0.